The van der Waals surface area contributed by atoms with Crippen molar-refractivity contribution in [1.29, 1.82) is 0 Å². The van der Waals surface area contributed by atoms with E-state index in [1.54, 1.807) is 0 Å². The predicted molar refractivity (Wildman–Crippen MR) is 67.3 cm³/mol. The number of hydrogen-bond donors (Lipinski definition) is 2. The van der Waals surface area contributed by atoms with E-state index < -0.39 is 6.03 Å². The molecular weight excluding hydrogens is 212 g/mol. The lowest BCUT2D eigenvalue weighted by molar-refractivity contribution is -0.0629. The first-order valence-corrected chi connectivity index (χ1v) is 6.80. The second-order valence-electron chi connectivity index (χ2n) is 6.50. The molecule has 0 heterocycles. The molecule has 4 fully saturated rings. The molecule has 3 N–H and O–H groups in total. The number of nitrogens with one attached hydrogen (secondary N) is 1. The van der Waals surface area contributed by atoms with Gasteiger partial charge in [0.15, 0.2) is 0 Å². The average molecular weight is 234 g/mol. The van der Waals surface area contributed by atoms with Crippen LogP contribution in [-0.4, -0.2) is 12.1 Å². The molecule has 2 amide bonds. The van der Waals surface area contributed by atoms with Crippen LogP contribution in [0.1, 0.15) is 38.5 Å². The van der Waals surface area contributed by atoms with E-state index in [1.165, 1.54) is 38.5 Å². The Kier molecular flexibility index (Phi) is 2.46. The molecule has 4 bridgehead atoms. The fourth-order valence-electron chi connectivity index (χ4n) is 5.17. The fraction of sp³-hybridized carbons (Fsp3) is 0.786. The maximum Gasteiger partial charge on any atom is 0.312 e. The van der Waals surface area contributed by atoms with E-state index in [0.29, 0.717) is 0 Å². The molecule has 4 aliphatic carbocycles. The highest BCUT2D eigenvalue weighted by atomic mass is 16.2. The first-order chi connectivity index (χ1) is 8.11. The first-order valence-electron chi connectivity index (χ1n) is 6.80. The zero-order chi connectivity index (χ0) is 12.0. The van der Waals surface area contributed by atoms with Gasteiger partial charge in [-0.3, -0.25) is 0 Å². The highest BCUT2D eigenvalue weighted by Crippen LogP contribution is 2.61. The van der Waals surface area contributed by atoms with E-state index in [2.05, 4.69) is 11.9 Å². The van der Waals surface area contributed by atoms with Gasteiger partial charge in [0.05, 0.1) is 6.04 Å². The molecule has 4 rings (SSSR count). The molecule has 0 aliphatic heterocycles. The zero-order valence-electron chi connectivity index (χ0n) is 10.3. The van der Waals surface area contributed by atoms with Crippen LogP contribution in [0, 0.1) is 23.2 Å². The molecule has 0 radical (unpaired) electrons. The molecular formula is C14H22N2O. The summed E-state index contributed by atoms with van der Waals surface area (Å²) in [5.41, 5.74) is 5.56. The third-order valence-corrected chi connectivity index (χ3v) is 5.28. The summed E-state index contributed by atoms with van der Waals surface area (Å²) < 4.78 is 0. The molecule has 0 saturated heterocycles. The summed E-state index contributed by atoms with van der Waals surface area (Å²) in [5.74, 6) is 2.66. The Morgan fingerprint density at radius 2 is 1.71 bits per heavy atom. The van der Waals surface area contributed by atoms with Crippen molar-refractivity contribution >= 4 is 6.03 Å². The number of carbonyl (C=O) groups is 1. The molecule has 0 aromatic rings. The molecule has 4 aliphatic rings. The molecule has 17 heavy (non-hydrogen) atoms. The lowest BCUT2D eigenvalue weighted by atomic mass is 9.47. The molecule has 1 unspecified atom stereocenters. The number of amides is 2. The van der Waals surface area contributed by atoms with Gasteiger partial charge in [0.1, 0.15) is 0 Å². The third-order valence-electron chi connectivity index (χ3n) is 5.28. The Labute approximate surface area is 103 Å². The van der Waals surface area contributed by atoms with Crippen LogP contribution in [0.3, 0.4) is 0 Å². The second kappa shape index (κ2) is 3.76. The van der Waals surface area contributed by atoms with Crippen LogP contribution in [0.4, 0.5) is 4.79 Å². The van der Waals surface area contributed by atoms with E-state index in [4.69, 9.17) is 5.73 Å². The lowest BCUT2D eigenvalue weighted by Gasteiger charge is -2.59. The summed E-state index contributed by atoms with van der Waals surface area (Å²) in [6.45, 7) is 3.90. The Morgan fingerprint density at radius 1 is 1.24 bits per heavy atom. The third kappa shape index (κ3) is 1.76. The highest BCUT2D eigenvalue weighted by Gasteiger charge is 2.53. The summed E-state index contributed by atoms with van der Waals surface area (Å²) >= 11 is 0. The SMILES string of the molecule is C=CC(NC(N)=O)C12CC3CC(CC(C3)C1)C2. The summed E-state index contributed by atoms with van der Waals surface area (Å²) in [7, 11) is 0. The van der Waals surface area contributed by atoms with Gasteiger partial charge in [0.25, 0.3) is 0 Å². The van der Waals surface area contributed by atoms with Crippen LogP contribution in [-0.2, 0) is 0 Å². The van der Waals surface area contributed by atoms with Gasteiger partial charge in [-0.25, -0.2) is 4.79 Å². The van der Waals surface area contributed by atoms with Gasteiger partial charge in [0, 0.05) is 0 Å². The van der Waals surface area contributed by atoms with Gasteiger partial charge >= 0.3 is 6.03 Å². The van der Waals surface area contributed by atoms with Crippen LogP contribution in [0.2, 0.25) is 0 Å². The summed E-state index contributed by atoms with van der Waals surface area (Å²) in [6, 6.07) is -0.334. The Morgan fingerprint density at radius 3 is 2.06 bits per heavy atom. The minimum Gasteiger partial charge on any atom is -0.352 e. The Bertz CT molecular complexity index is 315. The van der Waals surface area contributed by atoms with Crippen molar-refractivity contribution in [1.82, 2.24) is 5.32 Å². The van der Waals surface area contributed by atoms with E-state index in [9.17, 15) is 4.79 Å². The van der Waals surface area contributed by atoms with Crippen LogP contribution in [0.25, 0.3) is 0 Å². The maximum absolute atomic E-state index is 11.1. The molecule has 94 valence electrons. The van der Waals surface area contributed by atoms with Crippen LogP contribution >= 0.6 is 0 Å². The van der Waals surface area contributed by atoms with Crippen LogP contribution in [0.15, 0.2) is 12.7 Å². The first kappa shape index (κ1) is 11.1. The van der Waals surface area contributed by atoms with Gasteiger partial charge in [-0.05, 0) is 61.7 Å². The minimum absolute atomic E-state index is 0.0772. The van der Waals surface area contributed by atoms with Gasteiger partial charge in [-0.2, -0.15) is 0 Å². The predicted octanol–water partition coefficient (Wildman–Crippen LogP) is 2.43. The van der Waals surface area contributed by atoms with E-state index in [0.717, 1.165) is 17.8 Å². The monoisotopic (exact) mass is 234 g/mol. The van der Waals surface area contributed by atoms with Crippen molar-refractivity contribution < 1.29 is 4.79 Å². The average Bonchev–Trinajstić information content (AvgIpc) is 2.23. The molecule has 1 atom stereocenters. The minimum atomic E-state index is -0.411. The molecule has 4 saturated carbocycles. The number of urea groups is 1. The van der Waals surface area contributed by atoms with Gasteiger partial charge in [-0.1, -0.05) is 6.08 Å². The summed E-state index contributed by atoms with van der Waals surface area (Å²) in [6.07, 6.45) is 9.93. The molecule has 3 heteroatoms. The number of hydrogen-bond acceptors (Lipinski definition) is 1. The van der Waals surface area contributed by atoms with Crippen molar-refractivity contribution in [3.63, 3.8) is 0 Å². The normalized spacial score (nSPS) is 44.4. The van der Waals surface area contributed by atoms with Crippen molar-refractivity contribution in [2.24, 2.45) is 28.9 Å². The van der Waals surface area contributed by atoms with Gasteiger partial charge < -0.3 is 11.1 Å². The quantitative estimate of drug-likeness (QED) is 0.724. The fourth-order valence-corrected chi connectivity index (χ4v) is 5.17. The molecule has 0 aromatic heterocycles. The number of carbonyl (C=O) groups excluding carboxylic acids is 1. The number of rotatable bonds is 3. The topological polar surface area (TPSA) is 55.1 Å². The van der Waals surface area contributed by atoms with Gasteiger partial charge in [-0.15, -0.1) is 6.58 Å². The lowest BCUT2D eigenvalue weighted by Crippen LogP contribution is -2.56. The highest BCUT2D eigenvalue weighted by molar-refractivity contribution is 5.72. The van der Waals surface area contributed by atoms with E-state index in [1.807, 2.05) is 6.08 Å². The van der Waals surface area contributed by atoms with E-state index >= 15 is 0 Å². The van der Waals surface area contributed by atoms with Gasteiger partial charge in [0.2, 0.25) is 0 Å². The summed E-state index contributed by atoms with van der Waals surface area (Å²) in [4.78, 5) is 11.1. The standard InChI is InChI=1S/C14H22N2O/c1-2-12(16-13(15)17)14-6-9-3-10(7-14)5-11(4-9)8-14/h2,9-12H,1,3-8H2,(H3,15,16,17). The molecule has 3 nitrogen and oxygen atoms in total. The van der Waals surface area contributed by atoms with Crippen molar-refractivity contribution in [3.8, 4) is 0 Å². The summed E-state index contributed by atoms with van der Waals surface area (Å²) in [5, 5.41) is 2.91. The smallest absolute Gasteiger partial charge is 0.312 e. The van der Waals surface area contributed by atoms with Crippen LogP contribution in [0.5, 0.6) is 0 Å². The van der Waals surface area contributed by atoms with Crippen molar-refractivity contribution in [3.05, 3.63) is 12.7 Å². The van der Waals surface area contributed by atoms with Crippen LogP contribution < -0.4 is 11.1 Å². The van der Waals surface area contributed by atoms with Crippen molar-refractivity contribution in [2.75, 3.05) is 0 Å². The Balaban J connectivity index is 1.84. The second-order valence-corrected chi connectivity index (χ2v) is 6.50. The molecule has 0 aromatic carbocycles. The number of primary amides is 1. The zero-order valence-corrected chi connectivity index (χ0v) is 10.3. The van der Waals surface area contributed by atoms with Crippen molar-refractivity contribution in [2.45, 2.75) is 44.6 Å². The Hall–Kier alpha value is -0.990. The maximum atomic E-state index is 11.1. The number of nitrogens with two attached hydrogens (primary N) is 1. The van der Waals surface area contributed by atoms with E-state index in [-0.39, 0.29) is 11.5 Å². The molecule has 0 spiro atoms. The largest absolute Gasteiger partial charge is 0.352 e.